The second-order valence-corrected chi connectivity index (χ2v) is 4.06. The summed E-state index contributed by atoms with van der Waals surface area (Å²) < 4.78 is 0.978. The van der Waals surface area contributed by atoms with E-state index in [1.165, 1.54) is 5.56 Å². The third-order valence-electron chi connectivity index (χ3n) is 2.20. The lowest BCUT2D eigenvalue weighted by Crippen LogP contribution is -1.93. The van der Waals surface area contributed by atoms with E-state index in [1.807, 2.05) is 12.1 Å². The Kier molecular flexibility index (Phi) is 3.06. The molecule has 0 bridgehead atoms. The van der Waals surface area contributed by atoms with Crippen LogP contribution in [0.4, 0.5) is 0 Å². The molecule has 2 aromatic heterocycles. The van der Waals surface area contributed by atoms with Gasteiger partial charge in [0.05, 0.1) is 18.1 Å². The van der Waals surface area contributed by atoms with E-state index in [0.717, 1.165) is 22.2 Å². The van der Waals surface area contributed by atoms with Crippen LogP contribution in [0, 0.1) is 0 Å². The number of nitrogens with zero attached hydrogens (tertiary/aromatic N) is 3. The molecular weight excluding hydrogens is 254 g/mol. The third-order valence-corrected chi connectivity index (χ3v) is 2.67. The summed E-state index contributed by atoms with van der Waals surface area (Å²) in [4.78, 5) is 4.34. The van der Waals surface area contributed by atoms with Crippen LogP contribution in [0.15, 0.2) is 35.2 Å². The van der Waals surface area contributed by atoms with Gasteiger partial charge in [0.15, 0.2) is 0 Å². The van der Waals surface area contributed by atoms with Crippen molar-refractivity contribution in [2.24, 2.45) is 0 Å². The van der Waals surface area contributed by atoms with Crippen molar-refractivity contribution in [1.29, 1.82) is 0 Å². The lowest BCUT2D eigenvalue weighted by atomic mass is 10.1. The predicted octanol–water partition coefficient (Wildman–Crippen LogP) is 2.86. The Bertz CT molecular complexity index is 454. The highest BCUT2D eigenvalue weighted by molar-refractivity contribution is 9.10. The Labute approximate surface area is 96.7 Å². The number of hydrogen-bond acceptors (Lipinski definition) is 3. The molecule has 15 heavy (non-hydrogen) atoms. The van der Waals surface area contributed by atoms with Crippen molar-refractivity contribution in [3.05, 3.63) is 40.8 Å². The quantitative estimate of drug-likeness (QED) is 0.837. The number of aryl methyl sites for hydroxylation is 1. The predicted molar refractivity (Wildman–Crippen MR) is 62.3 cm³/mol. The Morgan fingerprint density at radius 3 is 2.60 bits per heavy atom. The summed E-state index contributed by atoms with van der Waals surface area (Å²) in [6.07, 6.45) is 6.27. The van der Waals surface area contributed by atoms with Crippen LogP contribution in [0.3, 0.4) is 0 Å². The monoisotopic (exact) mass is 263 g/mol. The summed E-state index contributed by atoms with van der Waals surface area (Å²) in [7, 11) is 0. The molecule has 76 valence electrons. The van der Waals surface area contributed by atoms with Crippen LogP contribution in [0.5, 0.6) is 0 Å². The molecule has 0 aliphatic carbocycles. The number of halogens is 1. The van der Waals surface area contributed by atoms with Crippen LogP contribution in [0.25, 0.3) is 11.3 Å². The summed E-state index contributed by atoms with van der Waals surface area (Å²) in [6.45, 7) is 2.10. The fourth-order valence-electron chi connectivity index (χ4n) is 1.39. The maximum Gasteiger partial charge on any atom is 0.0722 e. The van der Waals surface area contributed by atoms with E-state index in [0.29, 0.717) is 0 Å². The third kappa shape index (κ3) is 2.21. The van der Waals surface area contributed by atoms with Gasteiger partial charge in [-0.2, -0.15) is 10.2 Å². The summed E-state index contributed by atoms with van der Waals surface area (Å²) in [5.74, 6) is 0. The normalized spacial score (nSPS) is 10.3. The maximum absolute atomic E-state index is 4.34. The lowest BCUT2D eigenvalue weighted by molar-refractivity contribution is 0.983. The number of pyridine rings is 1. The molecule has 0 aliphatic heterocycles. The molecule has 0 spiro atoms. The molecule has 2 rings (SSSR count). The largest absolute Gasteiger partial charge is 0.255 e. The van der Waals surface area contributed by atoms with Gasteiger partial charge in [-0.1, -0.05) is 6.92 Å². The lowest BCUT2D eigenvalue weighted by Gasteiger charge is -2.04. The zero-order valence-corrected chi connectivity index (χ0v) is 9.90. The van der Waals surface area contributed by atoms with Crippen molar-refractivity contribution in [3.8, 4) is 11.3 Å². The van der Waals surface area contributed by atoms with Gasteiger partial charge >= 0.3 is 0 Å². The average molecular weight is 264 g/mol. The van der Waals surface area contributed by atoms with Crippen LogP contribution in [0.1, 0.15) is 12.5 Å². The van der Waals surface area contributed by atoms with Crippen LogP contribution >= 0.6 is 15.9 Å². The Balaban J connectivity index is 2.49. The minimum Gasteiger partial charge on any atom is -0.255 e. The molecule has 0 atom stereocenters. The van der Waals surface area contributed by atoms with E-state index < -0.39 is 0 Å². The first-order valence-electron chi connectivity index (χ1n) is 4.72. The molecule has 0 fully saturated rings. The molecule has 0 aliphatic rings. The zero-order valence-electron chi connectivity index (χ0n) is 8.31. The molecule has 3 nitrogen and oxygen atoms in total. The van der Waals surface area contributed by atoms with Crippen LogP contribution in [-0.2, 0) is 6.42 Å². The van der Waals surface area contributed by atoms with E-state index >= 15 is 0 Å². The molecule has 0 unspecified atom stereocenters. The van der Waals surface area contributed by atoms with Crippen molar-refractivity contribution < 1.29 is 0 Å². The zero-order chi connectivity index (χ0) is 10.7. The highest BCUT2D eigenvalue weighted by Crippen LogP contribution is 2.21. The van der Waals surface area contributed by atoms with E-state index in [9.17, 15) is 0 Å². The highest BCUT2D eigenvalue weighted by Gasteiger charge is 2.04. The molecule has 0 amide bonds. The highest BCUT2D eigenvalue weighted by atomic mass is 79.9. The van der Waals surface area contributed by atoms with Crippen molar-refractivity contribution in [2.75, 3.05) is 0 Å². The second-order valence-electron chi connectivity index (χ2n) is 3.14. The van der Waals surface area contributed by atoms with Gasteiger partial charge in [-0.05, 0) is 40.0 Å². The van der Waals surface area contributed by atoms with Gasteiger partial charge in [0.25, 0.3) is 0 Å². The van der Waals surface area contributed by atoms with Gasteiger partial charge in [-0.15, -0.1) is 0 Å². The van der Waals surface area contributed by atoms with Crippen LogP contribution < -0.4 is 0 Å². The molecule has 4 heteroatoms. The summed E-state index contributed by atoms with van der Waals surface area (Å²) in [5.41, 5.74) is 3.16. The van der Waals surface area contributed by atoms with Crippen molar-refractivity contribution in [2.45, 2.75) is 13.3 Å². The van der Waals surface area contributed by atoms with Crippen LogP contribution in [-0.4, -0.2) is 15.2 Å². The molecular formula is C11H10BrN3. The summed E-state index contributed by atoms with van der Waals surface area (Å²) >= 11 is 3.36. The summed E-state index contributed by atoms with van der Waals surface area (Å²) in [6, 6.07) is 3.95. The Hall–Kier alpha value is -1.29. The first-order chi connectivity index (χ1) is 7.31. The van der Waals surface area contributed by atoms with Gasteiger partial charge in [-0.3, -0.25) is 4.98 Å². The van der Waals surface area contributed by atoms with Gasteiger partial charge in [0, 0.05) is 16.2 Å². The van der Waals surface area contributed by atoms with Gasteiger partial charge in [-0.25, -0.2) is 0 Å². The number of aromatic nitrogens is 3. The topological polar surface area (TPSA) is 38.7 Å². The SMILES string of the molecule is CCc1cnncc1-c1ccc(Br)cn1. The van der Waals surface area contributed by atoms with Gasteiger partial charge < -0.3 is 0 Å². The van der Waals surface area contributed by atoms with Gasteiger partial charge in [0.1, 0.15) is 0 Å². The fraction of sp³-hybridized carbons (Fsp3) is 0.182. The minimum atomic E-state index is 0.933. The minimum absolute atomic E-state index is 0.933. The van der Waals surface area contributed by atoms with Crippen molar-refractivity contribution >= 4 is 15.9 Å². The molecule has 0 N–H and O–H groups in total. The number of hydrogen-bond donors (Lipinski definition) is 0. The van der Waals surface area contributed by atoms with E-state index in [4.69, 9.17) is 0 Å². The fourth-order valence-corrected chi connectivity index (χ4v) is 1.63. The molecule has 0 aromatic carbocycles. The second kappa shape index (κ2) is 4.49. The first kappa shape index (κ1) is 10.2. The van der Waals surface area contributed by atoms with Crippen LogP contribution in [0.2, 0.25) is 0 Å². The van der Waals surface area contributed by atoms with E-state index in [1.54, 1.807) is 18.6 Å². The molecule has 0 saturated heterocycles. The van der Waals surface area contributed by atoms with Gasteiger partial charge in [0.2, 0.25) is 0 Å². The van der Waals surface area contributed by atoms with E-state index in [-0.39, 0.29) is 0 Å². The van der Waals surface area contributed by atoms with E-state index in [2.05, 4.69) is 38.0 Å². The smallest absolute Gasteiger partial charge is 0.0722 e. The molecule has 0 saturated carbocycles. The molecule has 2 heterocycles. The average Bonchev–Trinajstić information content (AvgIpc) is 2.30. The molecule has 2 aromatic rings. The number of rotatable bonds is 2. The van der Waals surface area contributed by atoms with Crippen molar-refractivity contribution in [1.82, 2.24) is 15.2 Å². The Morgan fingerprint density at radius 1 is 1.13 bits per heavy atom. The molecule has 0 radical (unpaired) electrons. The Morgan fingerprint density at radius 2 is 1.93 bits per heavy atom. The van der Waals surface area contributed by atoms with Crippen molar-refractivity contribution in [3.63, 3.8) is 0 Å². The first-order valence-corrected chi connectivity index (χ1v) is 5.52. The summed E-state index contributed by atoms with van der Waals surface area (Å²) in [5, 5.41) is 7.76. The standard InChI is InChI=1S/C11H10BrN3/c1-2-8-5-14-15-7-10(8)11-4-3-9(12)6-13-11/h3-7H,2H2,1H3. The maximum atomic E-state index is 4.34.